The van der Waals surface area contributed by atoms with Crippen molar-refractivity contribution in [3.05, 3.63) is 34.3 Å². The summed E-state index contributed by atoms with van der Waals surface area (Å²) in [6.07, 6.45) is 3.15. The van der Waals surface area contributed by atoms with Gasteiger partial charge in [-0.1, -0.05) is 31.0 Å². The molecule has 0 atom stereocenters. The van der Waals surface area contributed by atoms with E-state index in [1.165, 1.54) is 12.8 Å². The molecule has 0 unspecified atom stereocenters. The number of ketones is 1. The summed E-state index contributed by atoms with van der Waals surface area (Å²) in [4.78, 5) is 10.8. The molecule has 1 heterocycles. The summed E-state index contributed by atoms with van der Waals surface area (Å²) in [5.41, 5.74) is 2.14. The van der Waals surface area contributed by atoms with Crippen LogP contribution in [0.25, 0.3) is 0 Å². The van der Waals surface area contributed by atoms with E-state index in [4.69, 9.17) is 16.3 Å². The topological polar surface area (TPSA) is 26.3 Å². The summed E-state index contributed by atoms with van der Waals surface area (Å²) in [6, 6.07) is 5.61. The molecule has 2 nitrogen and oxygen atoms in total. The first-order valence-corrected chi connectivity index (χ1v) is 7.23. The molecule has 1 aromatic rings. The average molecular weight is 283 g/mol. The zero-order chi connectivity index (χ0) is 14.3. The van der Waals surface area contributed by atoms with Crippen molar-refractivity contribution in [1.82, 2.24) is 0 Å². The van der Waals surface area contributed by atoms with Crippen LogP contribution in [0.1, 0.15) is 37.8 Å². The zero-order valence-corrected chi connectivity index (χ0v) is 12.8. The fourth-order valence-electron chi connectivity index (χ4n) is 1.96. The Morgan fingerprint density at radius 1 is 1.42 bits per heavy atom. The van der Waals surface area contributed by atoms with Crippen molar-refractivity contribution in [2.75, 3.05) is 13.2 Å². The molecule has 0 amide bonds. The highest BCUT2D eigenvalue weighted by atomic mass is 35.5. The fraction of sp³-hybridized carbons (Fsp3) is 0.562. The van der Waals surface area contributed by atoms with Crippen molar-refractivity contribution in [2.45, 2.75) is 40.0 Å². The monoisotopic (exact) mass is 282 g/mol. The number of carbonyl (C=O) groups is 1. The van der Waals surface area contributed by atoms with Crippen molar-refractivity contribution < 1.29 is 9.53 Å². The predicted octanol–water partition coefficient (Wildman–Crippen LogP) is 4.21. The maximum absolute atomic E-state index is 10.8. The first-order valence-electron chi connectivity index (χ1n) is 6.85. The maximum atomic E-state index is 10.8. The van der Waals surface area contributed by atoms with E-state index in [1.54, 1.807) is 6.92 Å². The molecule has 0 N–H and O–H groups in total. The van der Waals surface area contributed by atoms with Crippen LogP contribution >= 0.6 is 11.6 Å². The summed E-state index contributed by atoms with van der Waals surface area (Å²) in [5.74, 6) is 1.07. The molecular weight excluding hydrogens is 260 g/mol. The van der Waals surface area contributed by atoms with Crippen LogP contribution in [-0.4, -0.2) is 19.0 Å². The molecule has 1 aliphatic rings. The van der Waals surface area contributed by atoms with Gasteiger partial charge in [-0.25, -0.2) is 0 Å². The van der Waals surface area contributed by atoms with Crippen LogP contribution in [-0.2, 0) is 16.0 Å². The molecule has 0 saturated carbocycles. The first kappa shape index (κ1) is 16.2. The smallest absolute Gasteiger partial charge is 0.134 e. The van der Waals surface area contributed by atoms with Crippen LogP contribution in [0.5, 0.6) is 0 Å². The van der Waals surface area contributed by atoms with E-state index in [1.807, 2.05) is 25.1 Å². The summed E-state index contributed by atoms with van der Waals surface area (Å²) in [6.45, 7) is 7.83. The number of rotatable bonds is 4. The van der Waals surface area contributed by atoms with Gasteiger partial charge in [-0.3, -0.25) is 4.79 Å². The van der Waals surface area contributed by atoms with E-state index in [2.05, 4.69) is 6.92 Å². The third-order valence-electron chi connectivity index (χ3n) is 3.15. The number of hydrogen-bond acceptors (Lipinski definition) is 2. The van der Waals surface area contributed by atoms with Gasteiger partial charge in [0.1, 0.15) is 5.78 Å². The molecule has 1 aliphatic heterocycles. The van der Waals surface area contributed by atoms with E-state index in [0.29, 0.717) is 11.4 Å². The molecule has 0 aromatic heterocycles. The molecule has 106 valence electrons. The number of carbonyl (C=O) groups excluding carboxylic acids is 1. The maximum Gasteiger partial charge on any atom is 0.134 e. The van der Waals surface area contributed by atoms with Crippen LogP contribution < -0.4 is 0 Å². The fourth-order valence-corrected chi connectivity index (χ4v) is 2.15. The molecule has 1 saturated heterocycles. The van der Waals surface area contributed by atoms with Gasteiger partial charge < -0.3 is 4.74 Å². The molecule has 0 spiro atoms. The number of halogens is 1. The third-order valence-corrected chi connectivity index (χ3v) is 3.39. The highest BCUT2D eigenvalue weighted by Crippen LogP contribution is 2.16. The number of Topliss-reactive ketones (excluding diaryl/α,β-unsaturated/α-hetero) is 1. The van der Waals surface area contributed by atoms with Crippen molar-refractivity contribution in [3.8, 4) is 0 Å². The second-order valence-electron chi connectivity index (χ2n) is 5.14. The Morgan fingerprint density at radius 2 is 2.11 bits per heavy atom. The Labute approximate surface area is 121 Å². The van der Waals surface area contributed by atoms with Crippen molar-refractivity contribution in [3.63, 3.8) is 0 Å². The van der Waals surface area contributed by atoms with Gasteiger partial charge >= 0.3 is 0 Å². The van der Waals surface area contributed by atoms with E-state index >= 15 is 0 Å². The zero-order valence-electron chi connectivity index (χ0n) is 12.0. The van der Waals surface area contributed by atoms with Gasteiger partial charge in [-0.15, -0.1) is 0 Å². The first-order chi connectivity index (χ1) is 9.02. The van der Waals surface area contributed by atoms with E-state index in [-0.39, 0.29) is 5.78 Å². The van der Waals surface area contributed by atoms with Gasteiger partial charge in [0, 0.05) is 17.4 Å². The molecule has 2 rings (SSSR count). The molecular formula is C16H23ClO2. The van der Waals surface area contributed by atoms with E-state index in [9.17, 15) is 4.79 Å². The highest BCUT2D eigenvalue weighted by Gasteiger charge is 2.15. The summed E-state index contributed by atoms with van der Waals surface area (Å²) >= 11 is 5.79. The summed E-state index contributed by atoms with van der Waals surface area (Å²) < 4.78 is 4.99. The molecule has 0 radical (unpaired) electrons. The lowest BCUT2D eigenvalue weighted by atomic mass is 10.0. The lowest BCUT2D eigenvalue weighted by molar-refractivity contribution is -0.116. The van der Waals surface area contributed by atoms with Gasteiger partial charge in [0.25, 0.3) is 0 Å². The molecule has 19 heavy (non-hydrogen) atoms. The number of ether oxygens (including phenoxy) is 1. The van der Waals surface area contributed by atoms with E-state index in [0.717, 1.165) is 30.3 Å². The summed E-state index contributed by atoms with van der Waals surface area (Å²) in [5, 5.41) is 0.692. The van der Waals surface area contributed by atoms with Gasteiger partial charge in [0.05, 0.1) is 13.2 Å². The normalized spacial score (nSPS) is 14.3. The van der Waals surface area contributed by atoms with Gasteiger partial charge in [0.15, 0.2) is 0 Å². The average Bonchev–Trinajstić information content (AvgIpc) is 2.29. The standard InChI is InChI=1S/C10H11ClO.C6H12O/c1-7-3-4-10(11)6-9(7)5-8(2)12;1-2-3-6-4-7-5-6/h3-4,6H,5H2,1-2H3;6H,2-5H2,1H3. The Kier molecular flexibility index (Phi) is 7.11. The molecule has 0 bridgehead atoms. The van der Waals surface area contributed by atoms with Crippen LogP contribution in [0.2, 0.25) is 5.02 Å². The Bertz CT molecular complexity index is 411. The second kappa shape index (κ2) is 8.34. The minimum Gasteiger partial charge on any atom is -0.381 e. The molecule has 3 heteroatoms. The van der Waals surface area contributed by atoms with Crippen LogP contribution in [0.4, 0.5) is 0 Å². The largest absolute Gasteiger partial charge is 0.381 e. The van der Waals surface area contributed by atoms with Gasteiger partial charge in [-0.05, 0) is 43.5 Å². The minimum absolute atomic E-state index is 0.167. The quantitative estimate of drug-likeness (QED) is 0.827. The minimum atomic E-state index is 0.167. The Hall–Kier alpha value is -0.860. The van der Waals surface area contributed by atoms with Gasteiger partial charge in [0.2, 0.25) is 0 Å². The SMILES string of the molecule is CC(=O)Cc1cc(Cl)ccc1C.CCCC1COC1. The molecule has 1 aromatic carbocycles. The number of aryl methyl sites for hydroxylation is 1. The molecule has 0 aliphatic carbocycles. The van der Waals surface area contributed by atoms with Crippen LogP contribution in [0, 0.1) is 12.8 Å². The Balaban J connectivity index is 0.000000218. The number of benzene rings is 1. The van der Waals surface area contributed by atoms with Gasteiger partial charge in [-0.2, -0.15) is 0 Å². The second-order valence-corrected chi connectivity index (χ2v) is 5.58. The van der Waals surface area contributed by atoms with Crippen LogP contribution in [0.3, 0.4) is 0 Å². The summed E-state index contributed by atoms with van der Waals surface area (Å²) in [7, 11) is 0. The van der Waals surface area contributed by atoms with E-state index < -0.39 is 0 Å². The Morgan fingerprint density at radius 3 is 2.53 bits per heavy atom. The van der Waals surface area contributed by atoms with Crippen molar-refractivity contribution in [2.24, 2.45) is 5.92 Å². The lowest BCUT2D eigenvalue weighted by Crippen LogP contribution is -2.26. The third kappa shape index (κ3) is 6.22. The van der Waals surface area contributed by atoms with Crippen molar-refractivity contribution in [1.29, 1.82) is 0 Å². The molecule has 1 fully saturated rings. The highest BCUT2D eigenvalue weighted by molar-refractivity contribution is 6.30. The predicted molar refractivity (Wildman–Crippen MR) is 79.8 cm³/mol. The number of hydrogen-bond donors (Lipinski definition) is 0. The lowest BCUT2D eigenvalue weighted by Gasteiger charge is -2.24. The van der Waals surface area contributed by atoms with Crippen LogP contribution in [0.15, 0.2) is 18.2 Å². The van der Waals surface area contributed by atoms with Crippen molar-refractivity contribution >= 4 is 17.4 Å².